The van der Waals surface area contributed by atoms with Crippen molar-refractivity contribution < 1.29 is 14.0 Å². The van der Waals surface area contributed by atoms with Gasteiger partial charge in [-0.2, -0.15) is 0 Å². The molecule has 1 aromatic carbocycles. The Hall–Kier alpha value is -3.02. The van der Waals surface area contributed by atoms with E-state index in [1.54, 1.807) is 23.3 Å². The molecule has 0 saturated heterocycles. The summed E-state index contributed by atoms with van der Waals surface area (Å²) in [5.74, 6) is 0.583. The number of nitrogens with one attached hydrogen (secondary N) is 1. The minimum Gasteiger partial charge on any atom is -0.467 e. The van der Waals surface area contributed by atoms with E-state index in [4.69, 9.17) is 4.42 Å². The molecule has 0 aliphatic rings. The summed E-state index contributed by atoms with van der Waals surface area (Å²) >= 11 is 0. The van der Waals surface area contributed by atoms with Gasteiger partial charge in [0.25, 0.3) is 0 Å². The van der Waals surface area contributed by atoms with Gasteiger partial charge in [0.05, 0.1) is 12.8 Å². The van der Waals surface area contributed by atoms with E-state index in [1.807, 2.05) is 43.3 Å². The Morgan fingerprint density at radius 1 is 1.15 bits per heavy atom. The maximum absolute atomic E-state index is 12.9. The van der Waals surface area contributed by atoms with E-state index in [9.17, 15) is 9.59 Å². The van der Waals surface area contributed by atoms with Crippen LogP contribution < -0.4 is 5.32 Å². The molecule has 2 rings (SSSR count). The van der Waals surface area contributed by atoms with E-state index in [0.29, 0.717) is 31.9 Å². The molecule has 6 heteroatoms. The Balaban J connectivity index is 2.06. The standard InChI is InChI=1S/C21H27N3O3/c1-3-13-24(21(26)22-4-2)17-20(25)23(16-19-11-8-15-27-19)14-12-18-9-6-5-7-10-18/h3,5-11,15H,1,4,12-14,16-17H2,2H3,(H,22,26). The van der Waals surface area contributed by atoms with Gasteiger partial charge in [0.15, 0.2) is 0 Å². The Morgan fingerprint density at radius 2 is 1.93 bits per heavy atom. The highest BCUT2D eigenvalue weighted by Crippen LogP contribution is 2.09. The average Bonchev–Trinajstić information content (AvgIpc) is 3.19. The van der Waals surface area contributed by atoms with Crippen LogP contribution in [0.15, 0.2) is 65.8 Å². The number of furan rings is 1. The molecule has 2 aromatic rings. The lowest BCUT2D eigenvalue weighted by atomic mass is 10.1. The molecule has 3 amide bonds. The fraction of sp³-hybridized carbons (Fsp3) is 0.333. The van der Waals surface area contributed by atoms with E-state index in [1.165, 1.54) is 4.90 Å². The molecule has 0 aliphatic heterocycles. The largest absolute Gasteiger partial charge is 0.467 e. The van der Waals surface area contributed by atoms with E-state index in [2.05, 4.69) is 11.9 Å². The normalized spacial score (nSPS) is 10.3. The number of rotatable bonds is 10. The predicted octanol–water partition coefficient (Wildman–Crippen LogP) is 3.07. The van der Waals surface area contributed by atoms with Crippen LogP contribution in [-0.4, -0.2) is 47.9 Å². The second-order valence-corrected chi connectivity index (χ2v) is 6.13. The topological polar surface area (TPSA) is 65.8 Å². The number of benzene rings is 1. The third kappa shape index (κ3) is 6.66. The SMILES string of the molecule is C=CCN(CC(=O)N(CCc1ccccc1)Cc1ccco1)C(=O)NCC. The highest BCUT2D eigenvalue weighted by molar-refractivity contribution is 5.84. The van der Waals surface area contributed by atoms with Crippen molar-refractivity contribution in [1.82, 2.24) is 15.1 Å². The molecule has 144 valence electrons. The minimum atomic E-state index is -0.272. The maximum Gasteiger partial charge on any atom is 0.318 e. The van der Waals surface area contributed by atoms with Gasteiger partial charge < -0.3 is 19.5 Å². The van der Waals surface area contributed by atoms with Gasteiger partial charge in [-0.05, 0) is 31.0 Å². The van der Waals surface area contributed by atoms with Gasteiger partial charge in [0, 0.05) is 19.6 Å². The second-order valence-electron chi connectivity index (χ2n) is 6.13. The number of urea groups is 1. The summed E-state index contributed by atoms with van der Waals surface area (Å²) in [6, 6.07) is 13.4. The van der Waals surface area contributed by atoms with Crippen molar-refractivity contribution in [3.8, 4) is 0 Å². The van der Waals surface area contributed by atoms with Crippen molar-refractivity contribution in [1.29, 1.82) is 0 Å². The molecule has 0 fully saturated rings. The summed E-state index contributed by atoms with van der Waals surface area (Å²) in [5.41, 5.74) is 1.15. The van der Waals surface area contributed by atoms with Gasteiger partial charge in [-0.25, -0.2) is 4.79 Å². The number of carbonyl (C=O) groups is 2. The monoisotopic (exact) mass is 369 g/mol. The van der Waals surface area contributed by atoms with Crippen LogP contribution in [0.25, 0.3) is 0 Å². The zero-order valence-corrected chi connectivity index (χ0v) is 15.8. The molecule has 0 unspecified atom stereocenters. The van der Waals surface area contributed by atoms with E-state index in [-0.39, 0.29) is 18.5 Å². The first-order chi connectivity index (χ1) is 13.1. The predicted molar refractivity (Wildman–Crippen MR) is 105 cm³/mol. The smallest absolute Gasteiger partial charge is 0.318 e. The number of nitrogens with zero attached hydrogens (tertiary/aromatic N) is 2. The fourth-order valence-electron chi connectivity index (χ4n) is 2.69. The molecule has 0 bridgehead atoms. The van der Waals surface area contributed by atoms with Crippen molar-refractivity contribution in [2.24, 2.45) is 0 Å². The molecule has 0 aliphatic carbocycles. The Labute approximate surface area is 160 Å². The summed E-state index contributed by atoms with van der Waals surface area (Å²) in [6.07, 6.45) is 3.94. The van der Waals surface area contributed by atoms with Crippen LogP contribution in [0.2, 0.25) is 0 Å². The van der Waals surface area contributed by atoms with Gasteiger partial charge >= 0.3 is 6.03 Å². The molecule has 0 spiro atoms. The summed E-state index contributed by atoms with van der Waals surface area (Å²) in [6.45, 7) is 7.23. The summed E-state index contributed by atoms with van der Waals surface area (Å²) in [7, 11) is 0. The summed E-state index contributed by atoms with van der Waals surface area (Å²) < 4.78 is 5.40. The van der Waals surface area contributed by atoms with Gasteiger partial charge in [-0.3, -0.25) is 4.79 Å². The van der Waals surface area contributed by atoms with Crippen LogP contribution >= 0.6 is 0 Å². The fourth-order valence-corrected chi connectivity index (χ4v) is 2.69. The van der Waals surface area contributed by atoms with Crippen molar-refractivity contribution in [3.63, 3.8) is 0 Å². The van der Waals surface area contributed by atoms with Crippen molar-refractivity contribution in [2.75, 3.05) is 26.2 Å². The number of hydrogen-bond acceptors (Lipinski definition) is 3. The first-order valence-electron chi connectivity index (χ1n) is 9.11. The molecule has 0 saturated carbocycles. The van der Waals surface area contributed by atoms with Crippen LogP contribution in [-0.2, 0) is 17.8 Å². The number of carbonyl (C=O) groups excluding carboxylic acids is 2. The third-order valence-electron chi connectivity index (χ3n) is 4.08. The highest BCUT2D eigenvalue weighted by Gasteiger charge is 2.21. The molecule has 0 atom stereocenters. The van der Waals surface area contributed by atoms with Crippen LogP contribution in [0.1, 0.15) is 18.2 Å². The molecular weight excluding hydrogens is 342 g/mol. The van der Waals surface area contributed by atoms with E-state index in [0.717, 1.165) is 12.0 Å². The second kappa shape index (κ2) is 10.9. The van der Waals surface area contributed by atoms with Crippen molar-refractivity contribution in [2.45, 2.75) is 19.9 Å². The van der Waals surface area contributed by atoms with E-state index < -0.39 is 0 Å². The lowest BCUT2D eigenvalue weighted by Crippen LogP contribution is -2.47. The van der Waals surface area contributed by atoms with Crippen LogP contribution in [0, 0.1) is 0 Å². The number of amides is 3. The highest BCUT2D eigenvalue weighted by atomic mass is 16.3. The van der Waals surface area contributed by atoms with Gasteiger partial charge in [-0.1, -0.05) is 36.4 Å². The maximum atomic E-state index is 12.9. The Kier molecular flexibility index (Phi) is 8.16. The molecule has 1 aromatic heterocycles. The zero-order valence-electron chi connectivity index (χ0n) is 15.8. The first kappa shape index (κ1) is 20.3. The van der Waals surface area contributed by atoms with Crippen LogP contribution in [0.5, 0.6) is 0 Å². The van der Waals surface area contributed by atoms with Crippen molar-refractivity contribution in [3.05, 3.63) is 72.7 Å². The lowest BCUT2D eigenvalue weighted by molar-refractivity contribution is -0.132. The first-order valence-corrected chi connectivity index (χ1v) is 9.11. The number of hydrogen-bond donors (Lipinski definition) is 1. The van der Waals surface area contributed by atoms with Crippen molar-refractivity contribution >= 4 is 11.9 Å². The Morgan fingerprint density at radius 3 is 2.56 bits per heavy atom. The average molecular weight is 369 g/mol. The molecule has 1 heterocycles. The minimum absolute atomic E-state index is 0.00660. The molecule has 6 nitrogen and oxygen atoms in total. The molecule has 0 radical (unpaired) electrons. The van der Waals surface area contributed by atoms with Gasteiger partial charge in [-0.15, -0.1) is 6.58 Å². The zero-order chi connectivity index (χ0) is 19.5. The molecule has 27 heavy (non-hydrogen) atoms. The van der Waals surface area contributed by atoms with Gasteiger partial charge in [0.1, 0.15) is 12.3 Å². The quantitative estimate of drug-likeness (QED) is 0.655. The summed E-state index contributed by atoms with van der Waals surface area (Å²) in [5, 5.41) is 2.73. The third-order valence-corrected chi connectivity index (χ3v) is 4.08. The van der Waals surface area contributed by atoms with Crippen LogP contribution in [0.4, 0.5) is 4.79 Å². The molecular formula is C21H27N3O3. The van der Waals surface area contributed by atoms with Gasteiger partial charge in [0.2, 0.25) is 5.91 Å². The lowest BCUT2D eigenvalue weighted by Gasteiger charge is -2.26. The van der Waals surface area contributed by atoms with E-state index >= 15 is 0 Å². The summed E-state index contributed by atoms with van der Waals surface area (Å²) in [4.78, 5) is 28.3. The molecule has 1 N–H and O–H groups in total. The Bertz CT molecular complexity index is 714. The van der Waals surface area contributed by atoms with Crippen LogP contribution in [0.3, 0.4) is 0 Å².